The molecule has 0 spiro atoms. The van der Waals surface area contributed by atoms with Gasteiger partial charge in [-0.2, -0.15) is 0 Å². The first-order valence-electron chi connectivity index (χ1n) is 10.3. The molecule has 0 unspecified atom stereocenters. The Hall–Kier alpha value is -2.20. The number of unbranched alkanes of at least 4 members (excludes halogenated alkanes) is 2. The highest BCUT2D eigenvalue weighted by Crippen LogP contribution is 2.34. The van der Waals surface area contributed by atoms with Crippen molar-refractivity contribution in [3.8, 4) is 5.75 Å². The van der Waals surface area contributed by atoms with Crippen LogP contribution in [-0.2, 0) is 4.74 Å². The lowest BCUT2D eigenvalue weighted by Gasteiger charge is -2.29. The van der Waals surface area contributed by atoms with E-state index in [1.807, 2.05) is 24.3 Å². The van der Waals surface area contributed by atoms with Gasteiger partial charge in [0.05, 0.1) is 11.7 Å². The fraction of sp³-hybridized carbons (Fsp3) is 0.458. The largest absolute Gasteiger partial charge is 0.423 e. The average Bonchev–Trinajstić information content (AvgIpc) is 2.73. The molecular weight excluding hydrogens is 355 g/mol. The van der Waals surface area contributed by atoms with Gasteiger partial charge < -0.3 is 9.47 Å². The third-order valence-electron chi connectivity index (χ3n) is 5.42. The van der Waals surface area contributed by atoms with Crippen LogP contribution < -0.4 is 4.74 Å². The minimum atomic E-state index is -0.428. The van der Waals surface area contributed by atoms with Crippen molar-refractivity contribution in [2.75, 3.05) is 6.61 Å². The summed E-state index contributed by atoms with van der Waals surface area (Å²) in [7, 11) is 0. The number of carbonyl (C=O) groups is 1. The second-order valence-electron chi connectivity index (χ2n) is 7.52. The van der Waals surface area contributed by atoms with Crippen molar-refractivity contribution >= 4 is 5.97 Å². The predicted molar refractivity (Wildman–Crippen MR) is 108 cm³/mol. The van der Waals surface area contributed by atoms with Crippen molar-refractivity contribution in [2.45, 2.75) is 63.9 Å². The van der Waals surface area contributed by atoms with Crippen LogP contribution in [0, 0.1) is 5.82 Å². The normalized spacial score (nSPS) is 19.4. The Balaban J connectivity index is 1.48. The van der Waals surface area contributed by atoms with E-state index in [1.165, 1.54) is 42.7 Å². The molecule has 0 radical (unpaired) electrons. The summed E-state index contributed by atoms with van der Waals surface area (Å²) in [6.45, 7) is 3.09. The first-order valence-corrected chi connectivity index (χ1v) is 10.3. The summed E-state index contributed by atoms with van der Waals surface area (Å²) < 4.78 is 24.2. The molecule has 1 fully saturated rings. The van der Waals surface area contributed by atoms with Crippen LogP contribution in [-0.4, -0.2) is 18.7 Å². The third-order valence-corrected chi connectivity index (χ3v) is 5.42. The van der Waals surface area contributed by atoms with Gasteiger partial charge in [-0.25, -0.2) is 9.18 Å². The van der Waals surface area contributed by atoms with E-state index in [9.17, 15) is 9.18 Å². The van der Waals surface area contributed by atoms with Gasteiger partial charge in [0.2, 0.25) is 0 Å². The minimum Gasteiger partial charge on any atom is -0.423 e. The van der Waals surface area contributed by atoms with Crippen LogP contribution in [0.2, 0.25) is 0 Å². The van der Waals surface area contributed by atoms with Gasteiger partial charge in [-0.05, 0) is 80.0 Å². The Kier molecular flexibility index (Phi) is 7.61. The maximum absolute atomic E-state index is 12.9. The monoisotopic (exact) mass is 384 g/mol. The molecule has 0 saturated heterocycles. The maximum atomic E-state index is 12.9. The average molecular weight is 384 g/mol. The zero-order valence-corrected chi connectivity index (χ0v) is 16.5. The molecule has 0 atom stereocenters. The minimum absolute atomic E-state index is 0.340. The van der Waals surface area contributed by atoms with E-state index in [0.29, 0.717) is 23.3 Å². The first-order chi connectivity index (χ1) is 13.7. The molecule has 1 aliphatic rings. The van der Waals surface area contributed by atoms with Crippen LogP contribution in [0.15, 0.2) is 48.5 Å². The third kappa shape index (κ3) is 5.90. The Morgan fingerprint density at radius 2 is 1.64 bits per heavy atom. The van der Waals surface area contributed by atoms with Crippen molar-refractivity contribution in [2.24, 2.45) is 0 Å². The predicted octanol–water partition coefficient (Wildman–Crippen LogP) is 6.28. The molecule has 0 aromatic heterocycles. The molecule has 28 heavy (non-hydrogen) atoms. The van der Waals surface area contributed by atoms with Gasteiger partial charge in [-0.1, -0.05) is 31.9 Å². The molecule has 1 aliphatic carbocycles. The number of esters is 1. The number of hydrogen-bond donors (Lipinski definition) is 0. The Morgan fingerprint density at radius 1 is 0.964 bits per heavy atom. The molecule has 150 valence electrons. The number of hydrogen-bond acceptors (Lipinski definition) is 3. The van der Waals surface area contributed by atoms with E-state index >= 15 is 0 Å². The van der Waals surface area contributed by atoms with Crippen LogP contribution >= 0.6 is 0 Å². The molecule has 2 aromatic carbocycles. The topological polar surface area (TPSA) is 35.5 Å². The number of carbonyl (C=O) groups excluding carboxylic acids is 1. The Morgan fingerprint density at radius 3 is 2.29 bits per heavy atom. The maximum Gasteiger partial charge on any atom is 0.343 e. The lowest BCUT2D eigenvalue weighted by atomic mass is 9.82. The van der Waals surface area contributed by atoms with Gasteiger partial charge >= 0.3 is 5.97 Å². The van der Waals surface area contributed by atoms with Crippen molar-refractivity contribution in [1.29, 1.82) is 0 Å². The van der Waals surface area contributed by atoms with Crippen LogP contribution in [0.4, 0.5) is 4.39 Å². The van der Waals surface area contributed by atoms with E-state index in [4.69, 9.17) is 9.47 Å². The van der Waals surface area contributed by atoms with Gasteiger partial charge in [0, 0.05) is 6.61 Å². The smallest absolute Gasteiger partial charge is 0.343 e. The highest BCUT2D eigenvalue weighted by atomic mass is 19.1. The number of benzene rings is 2. The quantitative estimate of drug-likeness (QED) is 0.305. The van der Waals surface area contributed by atoms with Crippen molar-refractivity contribution < 1.29 is 18.7 Å². The van der Waals surface area contributed by atoms with Gasteiger partial charge in [0.25, 0.3) is 0 Å². The van der Waals surface area contributed by atoms with Crippen molar-refractivity contribution in [1.82, 2.24) is 0 Å². The van der Waals surface area contributed by atoms with E-state index in [-0.39, 0.29) is 5.82 Å². The molecule has 0 aliphatic heterocycles. The summed E-state index contributed by atoms with van der Waals surface area (Å²) in [4.78, 5) is 12.2. The molecule has 2 aromatic rings. The summed E-state index contributed by atoms with van der Waals surface area (Å²) in [5.41, 5.74) is 1.77. The number of halogens is 1. The summed E-state index contributed by atoms with van der Waals surface area (Å²) in [5, 5.41) is 0. The number of ether oxygens (including phenoxy) is 2. The zero-order chi connectivity index (χ0) is 19.8. The molecular formula is C24H29FO3. The summed E-state index contributed by atoms with van der Waals surface area (Å²) in [6.07, 6.45) is 8.48. The summed E-state index contributed by atoms with van der Waals surface area (Å²) in [6, 6.07) is 13.1. The SMILES string of the molecule is CCCCCOC1CCC(c2ccc(C(=O)Oc3ccc(F)cc3)cc2)CC1. The Labute approximate surface area is 166 Å². The molecule has 4 heteroatoms. The highest BCUT2D eigenvalue weighted by Gasteiger charge is 2.23. The van der Waals surface area contributed by atoms with Crippen LogP contribution in [0.25, 0.3) is 0 Å². The van der Waals surface area contributed by atoms with Gasteiger partial charge in [-0.15, -0.1) is 0 Å². The highest BCUT2D eigenvalue weighted by molar-refractivity contribution is 5.91. The second-order valence-corrected chi connectivity index (χ2v) is 7.52. The van der Waals surface area contributed by atoms with E-state index in [2.05, 4.69) is 6.92 Å². The molecule has 0 heterocycles. The second kappa shape index (κ2) is 10.4. The standard InChI is InChI=1S/C24H29FO3/c1-2-3-4-17-27-22-13-9-19(10-14-22)18-5-7-20(8-6-18)24(26)28-23-15-11-21(25)12-16-23/h5-8,11-12,15-16,19,22H,2-4,9-10,13-14,17H2,1H3. The molecule has 0 bridgehead atoms. The fourth-order valence-corrected chi connectivity index (χ4v) is 3.72. The fourth-order valence-electron chi connectivity index (χ4n) is 3.72. The van der Waals surface area contributed by atoms with E-state index in [0.717, 1.165) is 38.7 Å². The molecule has 3 rings (SSSR count). The van der Waals surface area contributed by atoms with E-state index < -0.39 is 5.97 Å². The van der Waals surface area contributed by atoms with Crippen LogP contribution in [0.1, 0.15) is 73.7 Å². The first kappa shape index (κ1) is 20.5. The van der Waals surface area contributed by atoms with Crippen molar-refractivity contribution in [3.05, 3.63) is 65.5 Å². The lowest BCUT2D eigenvalue weighted by molar-refractivity contribution is 0.0227. The molecule has 1 saturated carbocycles. The van der Waals surface area contributed by atoms with Gasteiger partial charge in [0.1, 0.15) is 11.6 Å². The van der Waals surface area contributed by atoms with Crippen molar-refractivity contribution in [3.63, 3.8) is 0 Å². The number of rotatable bonds is 8. The van der Waals surface area contributed by atoms with Crippen LogP contribution in [0.3, 0.4) is 0 Å². The molecule has 0 amide bonds. The molecule has 0 N–H and O–H groups in total. The lowest BCUT2D eigenvalue weighted by Crippen LogP contribution is -2.21. The van der Waals surface area contributed by atoms with Gasteiger partial charge in [-0.3, -0.25) is 0 Å². The zero-order valence-electron chi connectivity index (χ0n) is 16.5. The molecule has 3 nitrogen and oxygen atoms in total. The van der Waals surface area contributed by atoms with Crippen LogP contribution in [0.5, 0.6) is 5.75 Å². The van der Waals surface area contributed by atoms with E-state index in [1.54, 1.807) is 0 Å². The summed E-state index contributed by atoms with van der Waals surface area (Å²) in [5.74, 6) is 0.0815. The summed E-state index contributed by atoms with van der Waals surface area (Å²) >= 11 is 0. The Bertz CT molecular complexity index is 731. The van der Waals surface area contributed by atoms with Gasteiger partial charge in [0.15, 0.2) is 0 Å².